The van der Waals surface area contributed by atoms with Gasteiger partial charge in [0.25, 0.3) is 0 Å². The zero-order valence-electron chi connectivity index (χ0n) is 14.9. The van der Waals surface area contributed by atoms with Gasteiger partial charge in [0.05, 0.1) is 11.4 Å². The summed E-state index contributed by atoms with van der Waals surface area (Å²) in [5.74, 6) is 0. The van der Waals surface area contributed by atoms with Gasteiger partial charge in [0.2, 0.25) is 0 Å². The molecule has 0 atom stereocenters. The van der Waals surface area contributed by atoms with Gasteiger partial charge < -0.3 is 0 Å². The average Bonchev–Trinajstić information content (AvgIpc) is 2.50. The van der Waals surface area contributed by atoms with Gasteiger partial charge >= 0.3 is 0 Å². The van der Waals surface area contributed by atoms with Crippen LogP contribution in [0.1, 0.15) is 79.1 Å². The molecule has 0 saturated carbocycles. The summed E-state index contributed by atoms with van der Waals surface area (Å²) in [6.45, 7) is 8.71. The van der Waals surface area contributed by atoms with Crippen LogP contribution in [-0.2, 0) is 0 Å². The molecule has 0 aliphatic carbocycles. The van der Waals surface area contributed by atoms with Gasteiger partial charge in [-0.2, -0.15) is 0 Å². The fourth-order valence-corrected chi connectivity index (χ4v) is 2.42. The first-order chi connectivity index (χ1) is 10.7. The first kappa shape index (κ1) is 18.6. The molecular formula is C20H32N2. The predicted octanol–water partition coefficient (Wildman–Crippen LogP) is 7.03. The molecule has 0 aromatic heterocycles. The number of hydrogen-bond donors (Lipinski definition) is 0. The molecule has 0 N–H and O–H groups in total. The summed E-state index contributed by atoms with van der Waals surface area (Å²) in [5, 5.41) is 0. The van der Waals surface area contributed by atoms with Gasteiger partial charge in [0, 0.05) is 11.4 Å². The topological polar surface area (TPSA) is 24.7 Å². The van der Waals surface area contributed by atoms with Crippen molar-refractivity contribution < 1.29 is 0 Å². The maximum atomic E-state index is 4.68. The van der Waals surface area contributed by atoms with Crippen molar-refractivity contribution in [2.75, 3.05) is 0 Å². The summed E-state index contributed by atoms with van der Waals surface area (Å²) in [4.78, 5) is 9.36. The second kappa shape index (κ2) is 11.2. The lowest BCUT2D eigenvalue weighted by molar-refractivity contribution is 0.741. The molecule has 0 aliphatic heterocycles. The van der Waals surface area contributed by atoms with Crippen LogP contribution in [-0.4, -0.2) is 11.4 Å². The highest BCUT2D eigenvalue weighted by molar-refractivity contribution is 5.85. The number of aliphatic imine (C=N–C) groups is 2. The predicted molar refractivity (Wildman–Crippen MR) is 100 cm³/mol. The van der Waals surface area contributed by atoms with Gasteiger partial charge in [-0.3, -0.25) is 9.98 Å². The van der Waals surface area contributed by atoms with E-state index in [2.05, 4.69) is 61.9 Å². The molecule has 2 nitrogen and oxygen atoms in total. The lowest BCUT2D eigenvalue weighted by Gasteiger charge is -2.02. The molecule has 1 aromatic carbocycles. The number of hydrogen-bond acceptors (Lipinski definition) is 2. The number of benzene rings is 1. The Morgan fingerprint density at radius 3 is 1.36 bits per heavy atom. The monoisotopic (exact) mass is 300 g/mol. The summed E-state index contributed by atoms with van der Waals surface area (Å²) in [6, 6.07) is 8.28. The minimum absolute atomic E-state index is 1.04. The van der Waals surface area contributed by atoms with E-state index in [4.69, 9.17) is 0 Å². The summed E-state index contributed by atoms with van der Waals surface area (Å²) < 4.78 is 0. The fraction of sp³-hybridized carbons (Fsp3) is 0.600. The van der Waals surface area contributed by atoms with Crippen LogP contribution < -0.4 is 0 Å². The van der Waals surface area contributed by atoms with Gasteiger partial charge in [-0.25, -0.2) is 0 Å². The summed E-state index contributed by atoms with van der Waals surface area (Å²) in [7, 11) is 0. The smallest absolute Gasteiger partial charge is 0.0630 e. The van der Waals surface area contributed by atoms with Crippen molar-refractivity contribution in [1.82, 2.24) is 0 Å². The Labute approximate surface area is 136 Å². The minimum atomic E-state index is 1.04. The Hall–Kier alpha value is -1.44. The molecule has 122 valence electrons. The van der Waals surface area contributed by atoms with Crippen molar-refractivity contribution in [2.24, 2.45) is 9.98 Å². The molecule has 1 rings (SSSR count). The molecule has 0 unspecified atom stereocenters. The Morgan fingerprint density at radius 2 is 1.05 bits per heavy atom. The van der Waals surface area contributed by atoms with Crippen molar-refractivity contribution in [3.8, 4) is 0 Å². The lowest BCUT2D eigenvalue weighted by atomic mass is 10.1. The van der Waals surface area contributed by atoms with Gasteiger partial charge in [-0.1, -0.05) is 39.5 Å². The standard InChI is InChI=1S/C20H32N2/c1-5-7-9-11-17(3)21-19-13-15-20(16-14-19)22-18(4)12-10-8-6-2/h13-16H,5-12H2,1-4H3. The zero-order chi connectivity index (χ0) is 16.2. The van der Waals surface area contributed by atoms with E-state index >= 15 is 0 Å². The van der Waals surface area contributed by atoms with Crippen molar-refractivity contribution in [3.05, 3.63) is 24.3 Å². The second-order valence-corrected chi connectivity index (χ2v) is 6.12. The van der Waals surface area contributed by atoms with Crippen molar-refractivity contribution in [1.29, 1.82) is 0 Å². The van der Waals surface area contributed by atoms with E-state index < -0.39 is 0 Å². The van der Waals surface area contributed by atoms with E-state index in [1.807, 2.05) is 0 Å². The van der Waals surface area contributed by atoms with Crippen LogP contribution in [0.3, 0.4) is 0 Å². The third kappa shape index (κ3) is 8.11. The zero-order valence-corrected chi connectivity index (χ0v) is 14.9. The van der Waals surface area contributed by atoms with Crippen LogP contribution in [0.15, 0.2) is 34.3 Å². The van der Waals surface area contributed by atoms with Crippen LogP contribution in [0, 0.1) is 0 Å². The van der Waals surface area contributed by atoms with E-state index in [1.165, 1.54) is 49.9 Å². The third-order valence-electron chi connectivity index (χ3n) is 3.77. The molecule has 0 fully saturated rings. The van der Waals surface area contributed by atoms with Crippen LogP contribution in [0.4, 0.5) is 11.4 Å². The number of rotatable bonds is 10. The highest BCUT2D eigenvalue weighted by Gasteiger charge is 1.97. The Morgan fingerprint density at radius 1 is 0.682 bits per heavy atom. The van der Waals surface area contributed by atoms with E-state index in [1.54, 1.807) is 0 Å². The molecule has 0 heterocycles. The van der Waals surface area contributed by atoms with Crippen molar-refractivity contribution in [2.45, 2.75) is 79.1 Å². The second-order valence-electron chi connectivity index (χ2n) is 6.12. The molecule has 22 heavy (non-hydrogen) atoms. The van der Waals surface area contributed by atoms with Crippen LogP contribution in [0.5, 0.6) is 0 Å². The molecule has 2 heteroatoms. The molecule has 0 saturated heterocycles. The largest absolute Gasteiger partial charge is 0.258 e. The van der Waals surface area contributed by atoms with Crippen molar-refractivity contribution in [3.63, 3.8) is 0 Å². The van der Waals surface area contributed by atoms with Gasteiger partial charge in [0.1, 0.15) is 0 Å². The number of nitrogens with zero attached hydrogens (tertiary/aromatic N) is 2. The maximum absolute atomic E-state index is 4.68. The first-order valence-electron chi connectivity index (χ1n) is 8.84. The highest BCUT2D eigenvalue weighted by Crippen LogP contribution is 2.20. The maximum Gasteiger partial charge on any atom is 0.0630 e. The highest BCUT2D eigenvalue weighted by atomic mass is 14.8. The van der Waals surface area contributed by atoms with E-state index in [9.17, 15) is 0 Å². The molecule has 0 bridgehead atoms. The summed E-state index contributed by atoms with van der Waals surface area (Å²) in [6.07, 6.45) is 9.79. The summed E-state index contributed by atoms with van der Waals surface area (Å²) in [5.41, 5.74) is 4.52. The van der Waals surface area contributed by atoms with E-state index in [0.29, 0.717) is 0 Å². The van der Waals surface area contributed by atoms with E-state index in [-0.39, 0.29) is 0 Å². The molecular weight excluding hydrogens is 268 g/mol. The van der Waals surface area contributed by atoms with Crippen LogP contribution in [0.25, 0.3) is 0 Å². The van der Waals surface area contributed by atoms with Gasteiger partial charge in [-0.05, 0) is 63.8 Å². The average molecular weight is 300 g/mol. The SMILES string of the molecule is CCCCCC(C)=Nc1ccc(N=C(C)CCCCC)cc1. The molecule has 0 amide bonds. The first-order valence-corrected chi connectivity index (χ1v) is 8.84. The molecule has 0 spiro atoms. The third-order valence-corrected chi connectivity index (χ3v) is 3.77. The van der Waals surface area contributed by atoms with Crippen molar-refractivity contribution >= 4 is 22.8 Å². The van der Waals surface area contributed by atoms with Crippen LogP contribution in [0.2, 0.25) is 0 Å². The van der Waals surface area contributed by atoms with Crippen LogP contribution >= 0.6 is 0 Å². The summed E-state index contributed by atoms with van der Waals surface area (Å²) >= 11 is 0. The van der Waals surface area contributed by atoms with Gasteiger partial charge in [0.15, 0.2) is 0 Å². The quantitative estimate of drug-likeness (QED) is 0.327. The normalized spacial score (nSPS) is 12.7. The molecule has 0 radical (unpaired) electrons. The Balaban J connectivity index is 2.55. The Kier molecular flexibility index (Phi) is 9.45. The molecule has 0 aliphatic rings. The van der Waals surface area contributed by atoms with Gasteiger partial charge in [-0.15, -0.1) is 0 Å². The minimum Gasteiger partial charge on any atom is -0.258 e. The van der Waals surface area contributed by atoms with E-state index in [0.717, 1.165) is 24.2 Å². The number of unbranched alkanes of at least 4 members (excludes halogenated alkanes) is 4. The lowest BCUT2D eigenvalue weighted by Crippen LogP contribution is -1.91. The Bertz CT molecular complexity index is 424. The fourth-order valence-electron chi connectivity index (χ4n) is 2.42. The molecule has 1 aromatic rings.